The summed E-state index contributed by atoms with van der Waals surface area (Å²) in [5, 5.41) is 3.30. The summed E-state index contributed by atoms with van der Waals surface area (Å²) >= 11 is 0. The molecule has 0 aromatic heterocycles. The van der Waals surface area contributed by atoms with Gasteiger partial charge in [0.05, 0.1) is 7.11 Å². The smallest absolute Gasteiger partial charge is 0.223 e. The van der Waals surface area contributed by atoms with Crippen molar-refractivity contribution in [3.05, 3.63) is 59.9 Å². The van der Waals surface area contributed by atoms with Crippen molar-refractivity contribution >= 4 is 17.4 Å². The van der Waals surface area contributed by atoms with E-state index in [9.17, 15) is 14.0 Å². The molecule has 6 heteroatoms. The number of anilines is 1. The Balaban J connectivity index is 1.50. The highest BCUT2D eigenvalue weighted by atomic mass is 19.1. The number of piperidine rings is 1. The van der Waals surface area contributed by atoms with E-state index in [2.05, 4.69) is 5.32 Å². The molecule has 1 heterocycles. The first kappa shape index (κ1) is 19.9. The van der Waals surface area contributed by atoms with Crippen LogP contribution >= 0.6 is 0 Å². The van der Waals surface area contributed by atoms with Crippen molar-refractivity contribution in [3.63, 3.8) is 0 Å². The van der Waals surface area contributed by atoms with Crippen molar-refractivity contribution in [1.29, 1.82) is 0 Å². The fourth-order valence-electron chi connectivity index (χ4n) is 3.44. The topological polar surface area (TPSA) is 58.6 Å². The van der Waals surface area contributed by atoms with Crippen LogP contribution in [0.25, 0.3) is 0 Å². The van der Waals surface area contributed by atoms with Gasteiger partial charge in [-0.05, 0) is 55.3 Å². The molecule has 1 aliphatic heterocycles. The lowest BCUT2D eigenvalue weighted by atomic mass is 10.0. The van der Waals surface area contributed by atoms with Crippen LogP contribution in [0.4, 0.5) is 10.1 Å². The van der Waals surface area contributed by atoms with Crippen LogP contribution in [0.15, 0.2) is 48.5 Å². The normalized spacial score (nSPS) is 16.5. The molecule has 1 saturated heterocycles. The number of benzene rings is 2. The molecule has 1 fully saturated rings. The maximum atomic E-state index is 13.3. The van der Waals surface area contributed by atoms with Crippen LogP contribution in [-0.4, -0.2) is 42.8 Å². The number of likely N-dealkylation sites (tertiary alicyclic amines) is 1. The second kappa shape index (κ2) is 9.35. The highest BCUT2D eigenvalue weighted by Gasteiger charge is 2.24. The molecular weight excluding hydrogens is 359 g/mol. The van der Waals surface area contributed by atoms with Crippen molar-refractivity contribution < 1.29 is 18.7 Å². The van der Waals surface area contributed by atoms with E-state index >= 15 is 0 Å². The van der Waals surface area contributed by atoms with Crippen LogP contribution in [0, 0.1) is 5.82 Å². The molecule has 1 amide bonds. The number of hydrogen-bond acceptors (Lipinski definition) is 4. The molecule has 0 spiro atoms. The summed E-state index contributed by atoms with van der Waals surface area (Å²) in [5.41, 5.74) is 1.30. The molecule has 0 aliphatic carbocycles. The fourth-order valence-corrected chi connectivity index (χ4v) is 3.44. The lowest BCUT2D eigenvalue weighted by Crippen LogP contribution is -2.45. The van der Waals surface area contributed by atoms with E-state index < -0.39 is 0 Å². The minimum Gasteiger partial charge on any atom is -0.497 e. The van der Waals surface area contributed by atoms with Gasteiger partial charge in [0.1, 0.15) is 11.6 Å². The molecular formula is C22H25FN2O3. The predicted molar refractivity (Wildman–Crippen MR) is 106 cm³/mol. The van der Waals surface area contributed by atoms with Crippen LogP contribution in [0.2, 0.25) is 0 Å². The van der Waals surface area contributed by atoms with Gasteiger partial charge >= 0.3 is 0 Å². The number of nitrogens with one attached hydrogen (secondary N) is 1. The molecule has 5 nitrogen and oxygen atoms in total. The quantitative estimate of drug-likeness (QED) is 0.736. The molecule has 1 N–H and O–H groups in total. The van der Waals surface area contributed by atoms with Gasteiger partial charge in [-0.25, -0.2) is 4.39 Å². The van der Waals surface area contributed by atoms with E-state index in [4.69, 9.17) is 4.74 Å². The van der Waals surface area contributed by atoms with Crippen molar-refractivity contribution in [2.24, 2.45) is 0 Å². The van der Waals surface area contributed by atoms with Gasteiger partial charge in [0.2, 0.25) is 5.91 Å². The van der Waals surface area contributed by atoms with Gasteiger partial charge in [0.25, 0.3) is 0 Å². The van der Waals surface area contributed by atoms with Crippen LogP contribution in [0.3, 0.4) is 0 Å². The summed E-state index contributed by atoms with van der Waals surface area (Å²) in [6.45, 7) is 1.25. The number of ether oxygens (including phenoxy) is 1. The summed E-state index contributed by atoms with van der Waals surface area (Å²) in [6, 6.07) is 13.3. The summed E-state index contributed by atoms with van der Waals surface area (Å²) in [6.07, 6.45) is 2.18. The van der Waals surface area contributed by atoms with Gasteiger partial charge < -0.3 is 15.0 Å². The van der Waals surface area contributed by atoms with E-state index in [1.807, 2.05) is 6.07 Å². The van der Waals surface area contributed by atoms with Crippen LogP contribution < -0.4 is 10.1 Å². The van der Waals surface area contributed by atoms with Crippen molar-refractivity contribution in [2.75, 3.05) is 25.5 Å². The van der Waals surface area contributed by atoms with Crippen molar-refractivity contribution in [2.45, 2.75) is 31.7 Å². The van der Waals surface area contributed by atoms with Gasteiger partial charge in [0, 0.05) is 43.2 Å². The molecule has 0 bridgehead atoms. The van der Waals surface area contributed by atoms with E-state index in [0.29, 0.717) is 30.1 Å². The van der Waals surface area contributed by atoms with Gasteiger partial charge in [0.15, 0.2) is 5.78 Å². The van der Waals surface area contributed by atoms with Crippen LogP contribution in [0.5, 0.6) is 5.75 Å². The molecule has 0 saturated carbocycles. The maximum absolute atomic E-state index is 13.3. The summed E-state index contributed by atoms with van der Waals surface area (Å²) in [7, 11) is 1.57. The molecule has 1 aliphatic rings. The van der Waals surface area contributed by atoms with E-state index in [1.54, 1.807) is 42.3 Å². The number of methoxy groups -OCH3 is 1. The zero-order valence-electron chi connectivity index (χ0n) is 16.0. The molecule has 28 heavy (non-hydrogen) atoms. The Bertz CT molecular complexity index is 823. The average Bonchev–Trinajstić information content (AvgIpc) is 2.72. The summed E-state index contributed by atoms with van der Waals surface area (Å²) in [5.74, 6) is 0.332. The van der Waals surface area contributed by atoms with Gasteiger partial charge in [-0.3, -0.25) is 9.59 Å². The van der Waals surface area contributed by atoms with Crippen LogP contribution in [0.1, 0.15) is 36.0 Å². The molecule has 2 aromatic carbocycles. The minimum absolute atomic E-state index is 0.0207. The first-order valence-corrected chi connectivity index (χ1v) is 9.52. The Labute approximate surface area is 164 Å². The lowest BCUT2D eigenvalue weighted by Gasteiger charge is -2.33. The molecule has 1 unspecified atom stereocenters. The number of carbonyl (C=O) groups is 2. The number of hydrogen-bond donors (Lipinski definition) is 1. The zero-order chi connectivity index (χ0) is 19.9. The SMILES string of the molecule is COc1ccc(C(=O)CCC(=O)N2CCCC(Nc3cccc(F)c3)C2)cc1. The average molecular weight is 384 g/mol. The monoisotopic (exact) mass is 384 g/mol. The van der Waals surface area contributed by atoms with Crippen molar-refractivity contribution in [1.82, 2.24) is 4.90 Å². The van der Waals surface area contributed by atoms with Gasteiger partial charge in [-0.2, -0.15) is 0 Å². The molecule has 0 radical (unpaired) electrons. The maximum Gasteiger partial charge on any atom is 0.223 e. The lowest BCUT2D eigenvalue weighted by molar-refractivity contribution is -0.132. The fraction of sp³-hybridized carbons (Fsp3) is 0.364. The third-order valence-electron chi connectivity index (χ3n) is 4.95. The Morgan fingerprint density at radius 2 is 1.96 bits per heavy atom. The Kier molecular flexibility index (Phi) is 6.63. The minimum atomic E-state index is -0.286. The number of nitrogens with zero attached hydrogens (tertiary/aromatic N) is 1. The number of amides is 1. The van der Waals surface area contributed by atoms with Crippen LogP contribution in [-0.2, 0) is 4.79 Å². The zero-order valence-corrected chi connectivity index (χ0v) is 16.0. The number of rotatable bonds is 7. The molecule has 3 rings (SSSR count). The third-order valence-corrected chi connectivity index (χ3v) is 4.95. The predicted octanol–water partition coefficient (Wildman–Crippen LogP) is 3.90. The Morgan fingerprint density at radius 1 is 1.18 bits per heavy atom. The highest BCUT2D eigenvalue weighted by molar-refractivity contribution is 5.98. The second-order valence-electron chi connectivity index (χ2n) is 6.99. The highest BCUT2D eigenvalue weighted by Crippen LogP contribution is 2.19. The number of carbonyl (C=O) groups excluding carboxylic acids is 2. The second-order valence-corrected chi connectivity index (χ2v) is 6.99. The first-order chi connectivity index (χ1) is 13.5. The third kappa shape index (κ3) is 5.31. The number of ketones is 1. The number of halogens is 1. The van der Waals surface area contributed by atoms with E-state index in [1.165, 1.54) is 12.1 Å². The molecule has 148 valence electrons. The van der Waals surface area contributed by atoms with E-state index in [0.717, 1.165) is 12.8 Å². The first-order valence-electron chi connectivity index (χ1n) is 9.52. The largest absolute Gasteiger partial charge is 0.497 e. The Hall–Kier alpha value is -2.89. The van der Waals surface area contributed by atoms with Gasteiger partial charge in [-0.15, -0.1) is 0 Å². The Morgan fingerprint density at radius 3 is 2.68 bits per heavy atom. The molecule has 1 atom stereocenters. The van der Waals surface area contributed by atoms with Gasteiger partial charge in [-0.1, -0.05) is 6.07 Å². The summed E-state index contributed by atoms with van der Waals surface area (Å²) < 4.78 is 18.4. The standard InChI is InChI=1S/C22H25FN2O3/c1-28-20-9-7-16(8-10-20)21(26)11-12-22(27)25-13-3-6-19(15-25)24-18-5-2-4-17(23)14-18/h2,4-5,7-10,14,19,24H,3,6,11-13,15H2,1H3. The summed E-state index contributed by atoms with van der Waals surface area (Å²) in [4.78, 5) is 26.7. The number of Topliss-reactive ketones (excluding diaryl/α,β-unsaturated/α-hetero) is 1. The van der Waals surface area contributed by atoms with E-state index in [-0.39, 0.29) is 36.4 Å². The van der Waals surface area contributed by atoms with Crippen molar-refractivity contribution in [3.8, 4) is 5.75 Å². The molecule has 2 aromatic rings.